The van der Waals surface area contributed by atoms with Crippen LogP contribution in [0.25, 0.3) is 11.3 Å². The Kier molecular flexibility index (Phi) is 6.08. The SMILES string of the molecule is CS(=O)(=O)NC(OC(=O)N1CCCCC1)c1cccc(-c2ccccc2)n1. The maximum Gasteiger partial charge on any atom is 0.411 e. The summed E-state index contributed by atoms with van der Waals surface area (Å²) in [6, 6.07) is 14.7. The normalized spacial score (nSPS) is 16.0. The van der Waals surface area contributed by atoms with Crippen molar-refractivity contribution in [3.63, 3.8) is 0 Å². The van der Waals surface area contributed by atoms with Crippen molar-refractivity contribution in [2.45, 2.75) is 25.5 Å². The molecule has 0 spiro atoms. The fraction of sp³-hybridized carbons (Fsp3) is 0.368. The number of piperidine rings is 1. The standard InChI is InChI=1S/C19H23N3O4S/c1-27(24,25)21-18(26-19(23)22-13-6-3-7-14-22)17-12-8-11-16(20-17)15-9-4-2-5-10-15/h2,4-5,8-12,18,21H,3,6-7,13-14H2,1H3. The van der Waals surface area contributed by atoms with E-state index in [0.29, 0.717) is 24.5 Å². The molecular weight excluding hydrogens is 366 g/mol. The molecule has 2 aromatic rings. The molecule has 1 N–H and O–H groups in total. The quantitative estimate of drug-likeness (QED) is 0.795. The van der Waals surface area contributed by atoms with Gasteiger partial charge in [-0.15, -0.1) is 0 Å². The molecule has 1 amide bonds. The van der Waals surface area contributed by atoms with Crippen molar-refractivity contribution in [1.82, 2.24) is 14.6 Å². The van der Waals surface area contributed by atoms with Gasteiger partial charge >= 0.3 is 6.09 Å². The molecule has 1 fully saturated rings. The number of aromatic nitrogens is 1. The van der Waals surface area contributed by atoms with Gasteiger partial charge in [0.25, 0.3) is 0 Å². The minimum Gasteiger partial charge on any atom is -0.423 e. The number of hydrogen-bond donors (Lipinski definition) is 1. The van der Waals surface area contributed by atoms with Crippen LogP contribution in [0.15, 0.2) is 48.5 Å². The van der Waals surface area contributed by atoms with Gasteiger partial charge in [-0.25, -0.2) is 18.2 Å². The Morgan fingerprint density at radius 2 is 1.78 bits per heavy atom. The molecule has 3 rings (SSSR count). The summed E-state index contributed by atoms with van der Waals surface area (Å²) in [5.41, 5.74) is 1.88. The first-order valence-corrected chi connectivity index (χ1v) is 10.8. The van der Waals surface area contributed by atoms with Crippen LogP contribution in [0.3, 0.4) is 0 Å². The van der Waals surface area contributed by atoms with E-state index in [9.17, 15) is 13.2 Å². The number of nitrogens with zero attached hydrogens (tertiary/aromatic N) is 2. The summed E-state index contributed by atoms with van der Waals surface area (Å²) in [4.78, 5) is 18.6. The highest BCUT2D eigenvalue weighted by atomic mass is 32.2. The first kappa shape index (κ1) is 19.3. The number of benzene rings is 1. The number of ether oxygens (including phenoxy) is 1. The van der Waals surface area contributed by atoms with Gasteiger partial charge in [0.15, 0.2) is 0 Å². The average molecular weight is 389 g/mol. The highest BCUT2D eigenvalue weighted by Crippen LogP contribution is 2.22. The topological polar surface area (TPSA) is 88.6 Å². The van der Waals surface area contributed by atoms with Crippen LogP contribution in [-0.4, -0.2) is 43.7 Å². The molecule has 1 aliphatic rings. The van der Waals surface area contributed by atoms with E-state index in [0.717, 1.165) is 31.1 Å². The fourth-order valence-corrected chi connectivity index (χ4v) is 3.52. The van der Waals surface area contributed by atoms with Gasteiger partial charge in [0.2, 0.25) is 16.3 Å². The zero-order valence-corrected chi connectivity index (χ0v) is 16.0. The Labute approximate surface area is 159 Å². The minimum absolute atomic E-state index is 0.326. The highest BCUT2D eigenvalue weighted by molar-refractivity contribution is 7.88. The Morgan fingerprint density at radius 1 is 1.07 bits per heavy atom. The number of pyridine rings is 1. The van der Waals surface area contributed by atoms with E-state index in [1.54, 1.807) is 17.0 Å². The predicted molar refractivity (Wildman–Crippen MR) is 102 cm³/mol. The summed E-state index contributed by atoms with van der Waals surface area (Å²) in [5.74, 6) is 0. The summed E-state index contributed by atoms with van der Waals surface area (Å²) in [5, 5.41) is 0. The van der Waals surface area contributed by atoms with Gasteiger partial charge in [0.1, 0.15) is 0 Å². The zero-order valence-electron chi connectivity index (χ0n) is 15.2. The molecule has 8 heteroatoms. The van der Waals surface area contributed by atoms with E-state index in [1.165, 1.54) is 0 Å². The maximum absolute atomic E-state index is 12.5. The van der Waals surface area contributed by atoms with Crippen LogP contribution in [0.5, 0.6) is 0 Å². The molecule has 27 heavy (non-hydrogen) atoms. The number of amides is 1. The van der Waals surface area contributed by atoms with Crippen molar-refractivity contribution in [3.8, 4) is 11.3 Å². The summed E-state index contributed by atoms with van der Waals surface area (Å²) in [7, 11) is -3.61. The molecule has 1 aromatic carbocycles. The molecule has 1 saturated heterocycles. The smallest absolute Gasteiger partial charge is 0.411 e. The van der Waals surface area contributed by atoms with Crippen LogP contribution in [0, 0.1) is 0 Å². The zero-order chi connectivity index (χ0) is 19.3. The van der Waals surface area contributed by atoms with Crippen LogP contribution in [-0.2, 0) is 14.8 Å². The number of hydrogen-bond acceptors (Lipinski definition) is 5. The van der Waals surface area contributed by atoms with Crippen molar-refractivity contribution in [1.29, 1.82) is 0 Å². The van der Waals surface area contributed by atoms with Gasteiger partial charge in [-0.1, -0.05) is 36.4 Å². The van der Waals surface area contributed by atoms with Gasteiger partial charge in [0, 0.05) is 18.7 Å². The van der Waals surface area contributed by atoms with Crippen LogP contribution in [0.2, 0.25) is 0 Å². The molecule has 1 aliphatic heterocycles. The number of nitrogens with one attached hydrogen (secondary N) is 1. The number of likely N-dealkylation sites (tertiary alicyclic amines) is 1. The average Bonchev–Trinajstić information content (AvgIpc) is 2.68. The Balaban J connectivity index is 1.85. The lowest BCUT2D eigenvalue weighted by atomic mass is 10.1. The fourth-order valence-electron chi connectivity index (χ4n) is 2.96. The number of sulfonamides is 1. The predicted octanol–water partition coefficient (Wildman–Crippen LogP) is 2.92. The summed E-state index contributed by atoms with van der Waals surface area (Å²) >= 11 is 0. The van der Waals surface area contributed by atoms with Gasteiger partial charge < -0.3 is 9.64 Å². The molecule has 0 radical (unpaired) electrons. The molecule has 144 valence electrons. The summed E-state index contributed by atoms with van der Waals surface area (Å²) in [6.07, 6.45) is 2.22. The number of rotatable bonds is 5. The van der Waals surface area contributed by atoms with Crippen LogP contribution in [0.1, 0.15) is 31.2 Å². The Bertz CT molecular complexity index is 881. The van der Waals surface area contributed by atoms with Crippen molar-refractivity contribution in [2.75, 3.05) is 19.3 Å². The molecule has 1 aromatic heterocycles. The van der Waals surface area contributed by atoms with Crippen molar-refractivity contribution < 1.29 is 17.9 Å². The van der Waals surface area contributed by atoms with Gasteiger partial charge in [-0.2, -0.15) is 4.72 Å². The third kappa shape index (κ3) is 5.51. The van der Waals surface area contributed by atoms with Crippen molar-refractivity contribution >= 4 is 16.1 Å². The van der Waals surface area contributed by atoms with E-state index in [4.69, 9.17) is 4.74 Å². The molecular formula is C19H23N3O4S. The van der Waals surface area contributed by atoms with E-state index in [1.807, 2.05) is 36.4 Å². The van der Waals surface area contributed by atoms with E-state index in [2.05, 4.69) is 9.71 Å². The number of carbonyl (C=O) groups is 1. The largest absolute Gasteiger partial charge is 0.423 e. The van der Waals surface area contributed by atoms with Crippen LogP contribution in [0.4, 0.5) is 4.79 Å². The van der Waals surface area contributed by atoms with E-state index < -0.39 is 22.3 Å². The van der Waals surface area contributed by atoms with Gasteiger partial charge in [-0.05, 0) is 31.4 Å². The molecule has 1 unspecified atom stereocenters. The summed E-state index contributed by atoms with van der Waals surface area (Å²) < 4.78 is 31.4. The van der Waals surface area contributed by atoms with Crippen molar-refractivity contribution in [2.24, 2.45) is 0 Å². The lowest BCUT2D eigenvalue weighted by Gasteiger charge is -2.28. The monoisotopic (exact) mass is 389 g/mol. The second-order valence-corrected chi connectivity index (χ2v) is 8.30. The molecule has 1 atom stereocenters. The second kappa shape index (κ2) is 8.49. The Hall–Kier alpha value is -2.45. The Morgan fingerprint density at radius 3 is 2.44 bits per heavy atom. The highest BCUT2D eigenvalue weighted by Gasteiger charge is 2.26. The number of carbonyl (C=O) groups excluding carboxylic acids is 1. The minimum atomic E-state index is -3.61. The molecule has 0 aliphatic carbocycles. The van der Waals surface area contributed by atoms with E-state index >= 15 is 0 Å². The molecule has 0 bridgehead atoms. The van der Waals surface area contributed by atoms with Crippen LogP contribution < -0.4 is 4.72 Å². The first-order chi connectivity index (χ1) is 12.9. The molecule has 2 heterocycles. The lowest BCUT2D eigenvalue weighted by Crippen LogP contribution is -2.40. The summed E-state index contributed by atoms with van der Waals surface area (Å²) in [6.45, 7) is 1.23. The van der Waals surface area contributed by atoms with E-state index in [-0.39, 0.29) is 0 Å². The maximum atomic E-state index is 12.5. The molecule has 0 saturated carbocycles. The van der Waals surface area contributed by atoms with Crippen LogP contribution >= 0.6 is 0 Å². The van der Waals surface area contributed by atoms with Crippen molar-refractivity contribution in [3.05, 3.63) is 54.2 Å². The molecule has 7 nitrogen and oxygen atoms in total. The van der Waals surface area contributed by atoms with Gasteiger partial charge in [0.05, 0.1) is 17.6 Å². The third-order valence-corrected chi connectivity index (χ3v) is 4.91. The first-order valence-electron chi connectivity index (χ1n) is 8.87. The second-order valence-electron chi connectivity index (χ2n) is 6.52. The third-order valence-electron chi connectivity index (χ3n) is 4.26. The lowest BCUT2D eigenvalue weighted by molar-refractivity contribution is 0.0510. The van der Waals surface area contributed by atoms with Gasteiger partial charge in [-0.3, -0.25) is 0 Å².